The van der Waals surface area contributed by atoms with Crippen LogP contribution < -0.4 is 10.6 Å². The van der Waals surface area contributed by atoms with Crippen LogP contribution in [0.25, 0.3) is 0 Å². The molecule has 8 heteroatoms. The summed E-state index contributed by atoms with van der Waals surface area (Å²) in [5.74, 6) is 0.0183. The summed E-state index contributed by atoms with van der Waals surface area (Å²) in [6, 6.07) is 11.5. The van der Waals surface area contributed by atoms with Crippen LogP contribution in [0.5, 0.6) is 0 Å². The lowest BCUT2D eigenvalue weighted by Crippen LogP contribution is -2.48. The first-order valence-corrected chi connectivity index (χ1v) is 11.1. The first-order chi connectivity index (χ1) is 13.6. The molecule has 1 aliphatic heterocycles. The average Bonchev–Trinajstić information content (AvgIpc) is 3.41. The summed E-state index contributed by atoms with van der Waals surface area (Å²) < 4.78 is 1.15. The highest BCUT2D eigenvalue weighted by Gasteiger charge is 2.24. The molecule has 0 radical (unpaired) electrons. The topological polar surface area (TPSA) is 64.7 Å². The Morgan fingerprint density at radius 3 is 2.57 bits per heavy atom. The molecular formula is C20H23BrN4O2S. The van der Waals surface area contributed by atoms with Gasteiger partial charge in [0.05, 0.1) is 3.79 Å². The molecule has 1 aromatic heterocycles. The molecule has 2 fully saturated rings. The van der Waals surface area contributed by atoms with Gasteiger partial charge < -0.3 is 15.5 Å². The number of nitrogens with one attached hydrogen (secondary N) is 2. The van der Waals surface area contributed by atoms with Gasteiger partial charge in [-0.05, 0) is 59.1 Å². The van der Waals surface area contributed by atoms with E-state index in [2.05, 4.69) is 43.6 Å². The van der Waals surface area contributed by atoms with Crippen molar-refractivity contribution >= 4 is 44.9 Å². The number of anilines is 1. The van der Waals surface area contributed by atoms with Gasteiger partial charge >= 0.3 is 6.03 Å². The minimum atomic E-state index is -0.207. The zero-order valence-corrected chi connectivity index (χ0v) is 17.9. The highest BCUT2D eigenvalue weighted by Crippen LogP contribution is 2.24. The van der Waals surface area contributed by atoms with Gasteiger partial charge in [-0.2, -0.15) is 0 Å². The average molecular weight is 463 g/mol. The van der Waals surface area contributed by atoms with Gasteiger partial charge in [0, 0.05) is 54.9 Å². The summed E-state index contributed by atoms with van der Waals surface area (Å²) >= 11 is 5.26. The van der Waals surface area contributed by atoms with Crippen molar-refractivity contribution in [2.75, 3.05) is 31.5 Å². The molecule has 0 unspecified atom stereocenters. The van der Waals surface area contributed by atoms with Gasteiger partial charge in [-0.1, -0.05) is 6.07 Å². The van der Waals surface area contributed by atoms with Gasteiger partial charge in [-0.3, -0.25) is 9.69 Å². The van der Waals surface area contributed by atoms with E-state index in [1.165, 1.54) is 4.88 Å². The second kappa shape index (κ2) is 8.63. The van der Waals surface area contributed by atoms with E-state index in [1.54, 1.807) is 23.5 Å². The number of halogens is 1. The molecule has 1 aliphatic carbocycles. The predicted molar refractivity (Wildman–Crippen MR) is 115 cm³/mol. The van der Waals surface area contributed by atoms with E-state index in [1.807, 2.05) is 17.0 Å². The molecule has 3 amide bonds. The SMILES string of the molecule is O=C(Nc1cccc(C(=O)N2CCN(Cc3ccc(Br)s3)CC2)c1)NC1CC1. The van der Waals surface area contributed by atoms with Gasteiger partial charge in [-0.25, -0.2) is 4.79 Å². The van der Waals surface area contributed by atoms with Crippen molar-refractivity contribution in [1.82, 2.24) is 15.1 Å². The van der Waals surface area contributed by atoms with Gasteiger partial charge in [0.25, 0.3) is 5.91 Å². The van der Waals surface area contributed by atoms with E-state index < -0.39 is 0 Å². The highest BCUT2D eigenvalue weighted by atomic mass is 79.9. The van der Waals surface area contributed by atoms with Crippen LogP contribution in [0.2, 0.25) is 0 Å². The molecule has 2 aliphatic rings. The Kier molecular flexibility index (Phi) is 5.99. The number of thiophene rings is 1. The molecule has 0 bridgehead atoms. The van der Waals surface area contributed by atoms with E-state index in [0.29, 0.717) is 30.4 Å². The van der Waals surface area contributed by atoms with E-state index in [4.69, 9.17) is 0 Å². The van der Waals surface area contributed by atoms with Crippen LogP contribution >= 0.6 is 27.3 Å². The van der Waals surface area contributed by atoms with Crippen molar-refractivity contribution in [2.45, 2.75) is 25.4 Å². The number of piperazine rings is 1. The lowest BCUT2D eigenvalue weighted by molar-refractivity contribution is 0.0629. The number of amides is 3. The van der Waals surface area contributed by atoms with Gasteiger partial charge in [0.1, 0.15) is 0 Å². The molecular weight excluding hydrogens is 440 g/mol. The van der Waals surface area contributed by atoms with E-state index >= 15 is 0 Å². The normalized spacial score (nSPS) is 17.4. The predicted octanol–water partition coefficient (Wildman–Crippen LogP) is 3.75. The van der Waals surface area contributed by atoms with Gasteiger partial charge in [0.15, 0.2) is 0 Å². The highest BCUT2D eigenvalue weighted by molar-refractivity contribution is 9.11. The monoisotopic (exact) mass is 462 g/mol. The summed E-state index contributed by atoms with van der Waals surface area (Å²) in [6.45, 7) is 4.08. The third-order valence-electron chi connectivity index (χ3n) is 4.95. The Morgan fingerprint density at radius 2 is 1.89 bits per heavy atom. The zero-order chi connectivity index (χ0) is 19.5. The molecule has 2 aromatic rings. The number of carbonyl (C=O) groups is 2. The van der Waals surface area contributed by atoms with Crippen molar-refractivity contribution in [3.8, 4) is 0 Å². The quantitative estimate of drug-likeness (QED) is 0.710. The maximum Gasteiger partial charge on any atom is 0.319 e. The molecule has 28 heavy (non-hydrogen) atoms. The fraction of sp³-hybridized carbons (Fsp3) is 0.400. The summed E-state index contributed by atoms with van der Waals surface area (Å²) in [5.41, 5.74) is 1.26. The minimum absolute atomic E-state index is 0.0183. The molecule has 4 rings (SSSR count). The summed E-state index contributed by atoms with van der Waals surface area (Å²) in [5, 5.41) is 5.70. The first-order valence-electron chi connectivity index (χ1n) is 9.50. The number of urea groups is 1. The van der Waals surface area contributed by atoms with Crippen molar-refractivity contribution in [1.29, 1.82) is 0 Å². The molecule has 148 valence electrons. The Balaban J connectivity index is 1.30. The fourth-order valence-corrected chi connectivity index (χ4v) is 4.78. The van der Waals surface area contributed by atoms with E-state index in [0.717, 1.165) is 36.3 Å². The van der Waals surface area contributed by atoms with Crippen molar-refractivity contribution in [3.63, 3.8) is 0 Å². The lowest BCUT2D eigenvalue weighted by Gasteiger charge is -2.34. The molecule has 2 N–H and O–H groups in total. The van der Waals surface area contributed by atoms with E-state index in [-0.39, 0.29) is 11.9 Å². The molecule has 1 aromatic carbocycles. The molecule has 6 nitrogen and oxygen atoms in total. The maximum absolute atomic E-state index is 12.9. The smallest absolute Gasteiger partial charge is 0.319 e. The number of benzene rings is 1. The summed E-state index contributed by atoms with van der Waals surface area (Å²) in [7, 11) is 0. The molecule has 0 spiro atoms. The van der Waals surface area contributed by atoms with Crippen LogP contribution in [0.15, 0.2) is 40.2 Å². The third kappa shape index (κ3) is 5.12. The fourth-order valence-electron chi connectivity index (χ4n) is 3.26. The standard InChI is InChI=1S/C20H23BrN4O2S/c21-18-7-6-17(28-18)13-24-8-10-25(11-9-24)19(26)14-2-1-3-16(12-14)23-20(27)22-15-4-5-15/h1-3,6-7,12,15H,4-5,8-11,13H2,(H2,22,23,27). The Morgan fingerprint density at radius 1 is 1.11 bits per heavy atom. The maximum atomic E-state index is 12.9. The molecule has 0 atom stereocenters. The summed E-state index contributed by atoms with van der Waals surface area (Å²) in [4.78, 5) is 30.4. The number of nitrogens with zero attached hydrogens (tertiary/aromatic N) is 2. The third-order valence-corrected chi connectivity index (χ3v) is 6.56. The summed E-state index contributed by atoms with van der Waals surface area (Å²) in [6.07, 6.45) is 2.09. The number of hydrogen-bond donors (Lipinski definition) is 2. The van der Waals surface area contributed by atoms with Crippen LogP contribution in [0.4, 0.5) is 10.5 Å². The first kappa shape index (κ1) is 19.4. The van der Waals surface area contributed by atoms with Gasteiger partial charge in [-0.15, -0.1) is 11.3 Å². The van der Waals surface area contributed by atoms with E-state index in [9.17, 15) is 9.59 Å². The van der Waals surface area contributed by atoms with Crippen LogP contribution in [-0.4, -0.2) is 54.0 Å². The molecule has 2 heterocycles. The Bertz CT molecular complexity index is 859. The van der Waals surface area contributed by atoms with Crippen molar-refractivity contribution in [3.05, 3.63) is 50.6 Å². The largest absolute Gasteiger partial charge is 0.336 e. The lowest BCUT2D eigenvalue weighted by atomic mass is 10.1. The number of rotatable bonds is 5. The van der Waals surface area contributed by atoms with Gasteiger partial charge in [0.2, 0.25) is 0 Å². The second-order valence-electron chi connectivity index (χ2n) is 7.23. The number of carbonyl (C=O) groups excluding carboxylic acids is 2. The van der Waals surface area contributed by atoms with Crippen molar-refractivity contribution < 1.29 is 9.59 Å². The minimum Gasteiger partial charge on any atom is -0.336 e. The van der Waals surface area contributed by atoms with Crippen molar-refractivity contribution in [2.24, 2.45) is 0 Å². The van der Waals surface area contributed by atoms with Crippen LogP contribution in [0.1, 0.15) is 28.1 Å². The Hall–Kier alpha value is -1.90. The van der Waals surface area contributed by atoms with Crippen LogP contribution in [0.3, 0.4) is 0 Å². The Labute approximate surface area is 177 Å². The molecule has 1 saturated heterocycles. The van der Waals surface area contributed by atoms with Crippen LogP contribution in [0, 0.1) is 0 Å². The second-order valence-corrected chi connectivity index (χ2v) is 9.78. The number of hydrogen-bond acceptors (Lipinski definition) is 4. The van der Waals surface area contributed by atoms with Crippen LogP contribution in [-0.2, 0) is 6.54 Å². The molecule has 1 saturated carbocycles. The zero-order valence-electron chi connectivity index (χ0n) is 15.5.